The number of carboxylic acids is 1. The molecule has 2 aromatic carbocycles. The van der Waals surface area contributed by atoms with Gasteiger partial charge in [0.15, 0.2) is 0 Å². The Labute approximate surface area is 134 Å². The van der Waals surface area contributed by atoms with E-state index < -0.39 is 5.97 Å². The number of hydrogen-bond acceptors (Lipinski definition) is 4. The summed E-state index contributed by atoms with van der Waals surface area (Å²) < 4.78 is 16.1. The van der Waals surface area contributed by atoms with E-state index in [0.717, 1.165) is 0 Å². The van der Waals surface area contributed by atoms with E-state index in [4.69, 9.17) is 14.2 Å². The summed E-state index contributed by atoms with van der Waals surface area (Å²) in [5, 5.41) is 9.34. The Hall–Kier alpha value is -2.95. The lowest BCUT2D eigenvalue weighted by Crippen LogP contribution is -2.02. The van der Waals surface area contributed by atoms with E-state index in [2.05, 4.69) is 0 Å². The molecule has 2 aromatic rings. The third kappa shape index (κ3) is 4.26. The smallest absolute Gasteiger partial charge is 0.339 e. The lowest BCUT2D eigenvalue weighted by atomic mass is 10.1. The Morgan fingerprint density at radius 3 is 2.57 bits per heavy atom. The third-order valence-corrected chi connectivity index (χ3v) is 2.99. The van der Waals surface area contributed by atoms with Gasteiger partial charge in [-0.2, -0.15) is 0 Å². The van der Waals surface area contributed by atoms with E-state index in [1.54, 1.807) is 36.4 Å². The van der Waals surface area contributed by atoms with Crippen molar-refractivity contribution in [3.05, 3.63) is 60.4 Å². The highest BCUT2D eigenvalue weighted by Gasteiger charge is 2.16. The number of aliphatic carboxylic acids is 1. The topological polar surface area (TPSA) is 65.0 Å². The van der Waals surface area contributed by atoms with Crippen LogP contribution in [0.15, 0.2) is 54.8 Å². The van der Waals surface area contributed by atoms with Crippen LogP contribution in [0.25, 0.3) is 5.57 Å². The minimum Gasteiger partial charge on any atom is -0.503 e. The molecule has 0 heterocycles. The summed E-state index contributed by atoms with van der Waals surface area (Å²) in [6.45, 7) is 2.46. The van der Waals surface area contributed by atoms with Crippen molar-refractivity contribution in [2.24, 2.45) is 0 Å². The molecule has 23 heavy (non-hydrogen) atoms. The first-order valence-corrected chi connectivity index (χ1v) is 7.12. The average molecular weight is 314 g/mol. The maximum absolute atomic E-state index is 11.4. The molecule has 0 unspecified atom stereocenters. The fraction of sp³-hybridized carbons (Fsp3) is 0.167. The maximum atomic E-state index is 11.4. The molecule has 0 spiro atoms. The van der Waals surface area contributed by atoms with Crippen LogP contribution in [-0.4, -0.2) is 24.8 Å². The van der Waals surface area contributed by atoms with Crippen LogP contribution in [0.3, 0.4) is 0 Å². The predicted molar refractivity (Wildman–Crippen MR) is 86.7 cm³/mol. The zero-order valence-corrected chi connectivity index (χ0v) is 13.0. The van der Waals surface area contributed by atoms with Crippen LogP contribution in [0.1, 0.15) is 12.5 Å². The summed E-state index contributed by atoms with van der Waals surface area (Å²) >= 11 is 0. The molecule has 0 aliphatic carbocycles. The number of methoxy groups -OCH3 is 1. The largest absolute Gasteiger partial charge is 0.503 e. The number of benzene rings is 2. The van der Waals surface area contributed by atoms with Crippen molar-refractivity contribution >= 4 is 11.5 Å². The van der Waals surface area contributed by atoms with Crippen LogP contribution in [0.4, 0.5) is 0 Å². The first-order chi connectivity index (χ1) is 11.2. The number of hydrogen-bond donors (Lipinski definition) is 1. The fourth-order valence-corrected chi connectivity index (χ4v) is 2.05. The van der Waals surface area contributed by atoms with E-state index >= 15 is 0 Å². The number of rotatable bonds is 7. The number of carboxylic acid groups (broad SMARTS) is 1. The van der Waals surface area contributed by atoms with Crippen LogP contribution >= 0.6 is 0 Å². The zero-order chi connectivity index (χ0) is 16.7. The number of ether oxygens (including phenoxy) is 3. The molecule has 0 bridgehead atoms. The highest BCUT2D eigenvalue weighted by atomic mass is 16.5. The van der Waals surface area contributed by atoms with Crippen molar-refractivity contribution in [3.8, 4) is 17.2 Å². The Kier molecular flexibility index (Phi) is 5.63. The molecule has 5 heteroatoms. The molecule has 1 N–H and O–H groups in total. The SMILES string of the molecule is CCOc1cccc(Oc2ccccc2C(=COC)C(=O)O)c1. The second-order valence-corrected chi connectivity index (χ2v) is 4.58. The molecule has 0 saturated heterocycles. The second-order valence-electron chi connectivity index (χ2n) is 4.58. The van der Waals surface area contributed by atoms with Gasteiger partial charge in [0, 0.05) is 11.6 Å². The van der Waals surface area contributed by atoms with Gasteiger partial charge in [0.05, 0.1) is 20.0 Å². The van der Waals surface area contributed by atoms with E-state index in [1.165, 1.54) is 13.4 Å². The first-order valence-electron chi connectivity index (χ1n) is 7.12. The summed E-state index contributed by atoms with van der Waals surface area (Å²) in [6, 6.07) is 14.1. The van der Waals surface area contributed by atoms with Crippen molar-refractivity contribution < 1.29 is 24.1 Å². The second kappa shape index (κ2) is 7.89. The summed E-state index contributed by atoms with van der Waals surface area (Å²) in [7, 11) is 1.40. The highest BCUT2D eigenvalue weighted by Crippen LogP contribution is 2.31. The van der Waals surface area contributed by atoms with E-state index in [9.17, 15) is 9.90 Å². The van der Waals surface area contributed by atoms with E-state index in [1.807, 2.05) is 19.1 Å². The van der Waals surface area contributed by atoms with Crippen molar-refractivity contribution in [3.63, 3.8) is 0 Å². The molecule has 5 nitrogen and oxygen atoms in total. The van der Waals surface area contributed by atoms with Gasteiger partial charge in [0.25, 0.3) is 0 Å². The highest BCUT2D eigenvalue weighted by molar-refractivity contribution is 6.15. The summed E-state index contributed by atoms with van der Waals surface area (Å²) in [5.41, 5.74) is 0.452. The Morgan fingerprint density at radius 1 is 1.13 bits per heavy atom. The average Bonchev–Trinajstić information content (AvgIpc) is 2.54. The van der Waals surface area contributed by atoms with Crippen LogP contribution in [0.5, 0.6) is 17.2 Å². The molecular formula is C18H18O5. The van der Waals surface area contributed by atoms with Gasteiger partial charge in [0.2, 0.25) is 0 Å². The van der Waals surface area contributed by atoms with Crippen molar-refractivity contribution in [2.45, 2.75) is 6.92 Å². The van der Waals surface area contributed by atoms with Crippen LogP contribution in [0, 0.1) is 0 Å². The summed E-state index contributed by atoms with van der Waals surface area (Å²) in [4.78, 5) is 11.4. The van der Waals surface area contributed by atoms with Gasteiger partial charge in [-0.1, -0.05) is 24.3 Å². The molecule has 0 saturated carbocycles. The molecule has 0 atom stereocenters. The minimum absolute atomic E-state index is 0.0177. The Morgan fingerprint density at radius 2 is 1.87 bits per heavy atom. The lowest BCUT2D eigenvalue weighted by Gasteiger charge is -2.12. The van der Waals surface area contributed by atoms with Gasteiger partial charge >= 0.3 is 5.97 Å². The molecule has 0 amide bonds. The molecule has 0 radical (unpaired) electrons. The zero-order valence-electron chi connectivity index (χ0n) is 13.0. The van der Waals surface area contributed by atoms with Gasteiger partial charge < -0.3 is 19.3 Å². The van der Waals surface area contributed by atoms with Crippen molar-refractivity contribution in [1.29, 1.82) is 0 Å². The minimum atomic E-state index is -1.09. The predicted octanol–water partition coefficient (Wildman–Crippen LogP) is 3.95. The standard InChI is InChI=1S/C18H18O5/c1-3-22-13-7-6-8-14(11-13)23-17-10-5-4-9-15(17)16(12-21-2)18(19)20/h4-12H,3H2,1-2H3,(H,19,20). The molecule has 0 aliphatic heterocycles. The molecule has 0 aliphatic rings. The quantitative estimate of drug-likeness (QED) is 0.619. The van der Waals surface area contributed by atoms with Gasteiger partial charge in [-0.15, -0.1) is 0 Å². The van der Waals surface area contributed by atoms with Crippen LogP contribution in [0.2, 0.25) is 0 Å². The molecule has 0 aromatic heterocycles. The molecule has 120 valence electrons. The van der Waals surface area contributed by atoms with Gasteiger partial charge in [0.1, 0.15) is 22.8 Å². The monoisotopic (exact) mass is 314 g/mol. The van der Waals surface area contributed by atoms with Gasteiger partial charge in [-0.3, -0.25) is 0 Å². The van der Waals surface area contributed by atoms with E-state index in [0.29, 0.717) is 29.4 Å². The molecule has 2 rings (SSSR count). The Bertz CT molecular complexity index is 706. The van der Waals surface area contributed by atoms with Crippen molar-refractivity contribution in [1.82, 2.24) is 0 Å². The fourth-order valence-electron chi connectivity index (χ4n) is 2.05. The van der Waals surface area contributed by atoms with Crippen LogP contribution < -0.4 is 9.47 Å². The van der Waals surface area contributed by atoms with E-state index in [-0.39, 0.29) is 5.57 Å². The van der Waals surface area contributed by atoms with Gasteiger partial charge in [-0.25, -0.2) is 4.79 Å². The normalized spacial score (nSPS) is 11.0. The van der Waals surface area contributed by atoms with Crippen molar-refractivity contribution in [2.75, 3.05) is 13.7 Å². The lowest BCUT2D eigenvalue weighted by molar-refractivity contribution is -0.130. The summed E-state index contributed by atoms with van der Waals surface area (Å²) in [6.07, 6.45) is 1.18. The maximum Gasteiger partial charge on any atom is 0.339 e. The summed E-state index contributed by atoms with van der Waals surface area (Å²) in [5.74, 6) is 0.580. The molecular weight excluding hydrogens is 296 g/mol. The Balaban J connectivity index is 2.36. The van der Waals surface area contributed by atoms with Gasteiger partial charge in [-0.05, 0) is 25.1 Å². The molecule has 0 fully saturated rings. The van der Waals surface area contributed by atoms with Crippen LogP contribution in [-0.2, 0) is 9.53 Å². The number of para-hydroxylation sites is 1. The first kappa shape index (κ1) is 16.4. The third-order valence-electron chi connectivity index (χ3n) is 2.99. The number of carbonyl (C=O) groups is 1.